The summed E-state index contributed by atoms with van der Waals surface area (Å²) in [7, 11) is 0. The number of anilines is 1. The highest BCUT2D eigenvalue weighted by atomic mass is 32.1. The van der Waals surface area contributed by atoms with Gasteiger partial charge >= 0.3 is 0 Å². The van der Waals surface area contributed by atoms with E-state index in [0.717, 1.165) is 29.6 Å². The minimum absolute atomic E-state index is 0.618. The van der Waals surface area contributed by atoms with E-state index in [0.29, 0.717) is 6.04 Å². The van der Waals surface area contributed by atoms with Crippen LogP contribution < -0.4 is 10.2 Å². The van der Waals surface area contributed by atoms with E-state index in [1.807, 2.05) is 18.3 Å². The van der Waals surface area contributed by atoms with E-state index in [1.54, 1.807) is 11.3 Å². The lowest BCUT2D eigenvalue weighted by molar-refractivity contribution is 0.415. The molecule has 0 bridgehead atoms. The van der Waals surface area contributed by atoms with Gasteiger partial charge in [-0.15, -0.1) is 21.5 Å². The molecule has 1 saturated heterocycles. The van der Waals surface area contributed by atoms with E-state index in [-0.39, 0.29) is 0 Å². The maximum absolute atomic E-state index is 4.27. The molecule has 6 heteroatoms. The first-order chi connectivity index (χ1) is 12.3. The van der Waals surface area contributed by atoms with E-state index in [9.17, 15) is 0 Å². The fourth-order valence-corrected chi connectivity index (χ4v) is 4.59. The standard InChI is InChI=1S/C19H22N4S2/c1-14-21-22-19(25-14)15-4-2-5-17(12-15)23-9-7-16(8-10-23)20-13-18-6-3-11-24-18/h2-6,11-12,16,20H,7-10,13H2,1H3. The topological polar surface area (TPSA) is 41.1 Å². The van der Waals surface area contributed by atoms with Crippen molar-refractivity contribution in [3.8, 4) is 10.6 Å². The molecule has 0 spiro atoms. The van der Waals surface area contributed by atoms with Crippen molar-refractivity contribution >= 4 is 28.4 Å². The first kappa shape index (κ1) is 16.7. The van der Waals surface area contributed by atoms with Gasteiger partial charge in [0.2, 0.25) is 0 Å². The molecule has 1 fully saturated rings. The molecule has 1 aromatic carbocycles. The summed E-state index contributed by atoms with van der Waals surface area (Å²) in [5.74, 6) is 0. The van der Waals surface area contributed by atoms with Gasteiger partial charge in [-0.2, -0.15) is 0 Å². The molecular formula is C19H22N4S2. The summed E-state index contributed by atoms with van der Waals surface area (Å²) in [5, 5.41) is 16.3. The third kappa shape index (κ3) is 4.08. The monoisotopic (exact) mass is 370 g/mol. The fourth-order valence-electron chi connectivity index (χ4n) is 3.25. The fraction of sp³-hybridized carbons (Fsp3) is 0.368. The average molecular weight is 371 g/mol. The number of thiophene rings is 1. The largest absolute Gasteiger partial charge is 0.371 e. The summed E-state index contributed by atoms with van der Waals surface area (Å²) in [6.45, 7) is 5.19. The van der Waals surface area contributed by atoms with Crippen LogP contribution in [-0.2, 0) is 6.54 Å². The number of aryl methyl sites for hydroxylation is 1. The Hall–Kier alpha value is -1.76. The number of piperidine rings is 1. The first-order valence-electron chi connectivity index (χ1n) is 8.69. The lowest BCUT2D eigenvalue weighted by atomic mass is 10.0. The minimum Gasteiger partial charge on any atom is -0.371 e. The molecule has 2 aromatic heterocycles. The van der Waals surface area contributed by atoms with Crippen LogP contribution >= 0.6 is 22.7 Å². The normalized spacial score (nSPS) is 15.6. The van der Waals surface area contributed by atoms with Gasteiger partial charge in [0, 0.05) is 41.8 Å². The Morgan fingerprint density at radius 2 is 2.04 bits per heavy atom. The highest BCUT2D eigenvalue weighted by Gasteiger charge is 2.19. The quantitative estimate of drug-likeness (QED) is 0.726. The van der Waals surface area contributed by atoms with Crippen molar-refractivity contribution in [1.29, 1.82) is 0 Å². The number of aromatic nitrogens is 2. The van der Waals surface area contributed by atoms with Crippen LogP contribution in [0.2, 0.25) is 0 Å². The average Bonchev–Trinajstić information content (AvgIpc) is 3.32. The van der Waals surface area contributed by atoms with Crippen LogP contribution in [0.1, 0.15) is 22.7 Å². The van der Waals surface area contributed by atoms with Gasteiger partial charge in [-0.1, -0.05) is 29.5 Å². The van der Waals surface area contributed by atoms with E-state index >= 15 is 0 Å². The van der Waals surface area contributed by atoms with Crippen molar-refractivity contribution in [2.45, 2.75) is 32.4 Å². The summed E-state index contributed by atoms with van der Waals surface area (Å²) in [4.78, 5) is 3.91. The molecular weight excluding hydrogens is 348 g/mol. The van der Waals surface area contributed by atoms with Crippen molar-refractivity contribution in [3.05, 3.63) is 51.7 Å². The molecule has 1 aliphatic heterocycles. The van der Waals surface area contributed by atoms with Gasteiger partial charge in [-0.25, -0.2) is 0 Å². The SMILES string of the molecule is Cc1nnc(-c2cccc(N3CCC(NCc4cccs4)CC3)c2)s1. The number of nitrogens with zero attached hydrogens (tertiary/aromatic N) is 3. The van der Waals surface area contributed by atoms with Crippen LogP contribution in [0.3, 0.4) is 0 Å². The molecule has 4 nitrogen and oxygen atoms in total. The van der Waals surface area contributed by atoms with Crippen LogP contribution in [0.25, 0.3) is 10.6 Å². The van der Waals surface area contributed by atoms with E-state index < -0.39 is 0 Å². The second-order valence-electron chi connectivity index (χ2n) is 6.40. The Morgan fingerprint density at radius 3 is 2.76 bits per heavy atom. The number of hydrogen-bond donors (Lipinski definition) is 1. The zero-order valence-electron chi connectivity index (χ0n) is 14.3. The van der Waals surface area contributed by atoms with Gasteiger partial charge in [-0.05, 0) is 43.3 Å². The van der Waals surface area contributed by atoms with Crippen LogP contribution in [0.15, 0.2) is 41.8 Å². The third-order valence-corrected chi connectivity index (χ3v) is 6.39. The van der Waals surface area contributed by atoms with Gasteiger partial charge < -0.3 is 10.2 Å². The van der Waals surface area contributed by atoms with E-state index in [2.05, 4.69) is 62.2 Å². The van der Waals surface area contributed by atoms with Gasteiger partial charge in [0.25, 0.3) is 0 Å². The molecule has 1 aliphatic rings. The van der Waals surface area contributed by atoms with Crippen LogP contribution in [0, 0.1) is 6.92 Å². The highest BCUT2D eigenvalue weighted by molar-refractivity contribution is 7.14. The Bertz CT molecular complexity index is 804. The number of rotatable bonds is 5. The minimum atomic E-state index is 0.618. The highest BCUT2D eigenvalue weighted by Crippen LogP contribution is 2.28. The summed E-state index contributed by atoms with van der Waals surface area (Å²) in [6.07, 6.45) is 2.38. The van der Waals surface area contributed by atoms with Crippen LogP contribution in [0.4, 0.5) is 5.69 Å². The van der Waals surface area contributed by atoms with Crippen molar-refractivity contribution in [2.75, 3.05) is 18.0 Å². The van der Waals surface area contributed by atoms with Crippen molar-refractivity contribution in [1.82, 2.24) is 15.5 Å². The molecule has 4 rings (SSSR count). The zero-order valence-corrected chi connectivity index (χ0v) is 15.9. The summed E-state index contributed by atoms with van der Waals surface area (Å²) >= 11 is 3.48. The van der Waals surface area contributed by atoms with Crippen molar-refractivity contribution in [2.24, 2.45) is 0 Å². The van der Waals surface area contributed by atoms with Gasteiger partial charge in [0.1, 0.15) is 10.0 Å². The smallest absolute Gasteiger partial charge is 0.147 e. The molecule has 0 saturated carbocycles. The predicted molar refractivity (Wildman–Crippen MR) is 106 cm³/mol. The lowest BCUT2D eigenvalue weighted by Crippen LogP contribution is -2.42. The van der Waals surface area contributed by atoms with Gasteiger partial charge in [0.05, 0.1) is 0 Å². The van der Waals surface area contributed by atoms with E-state index in [4.69, 9.17) is 0 Å². The molecule has 0 aliphatic carbocycles. The second kappa shape index (κ2) is 7.64. The number of hydrogen-bond acceptors (Lipinski definition) is 6. The maximum Gasteiger partial charge on any atom is 0.147 e. The Balaban J connectivity index is 1.36. The van der Waals surface area contributed by atoms with Gasteiger partial charge in [-0.3, -0.25) is 0 Å². The Morgan fingerprint density at radius 1 is 1.16 bits per heavy atom. The molecule has 0 atom stereocenters. The molecule has 0 unspecified atom stereocenters. The van der Waals surface area contributed by atoms with Crippen molar-refractivity contribution in [3.63, 3.8) is 0 Å². The number of benzene rings is 1. The molecule has 3 aromatic rings. The zero-order chi connectivity index (χ0) is 17.1. The van der Waals surface area contributed by atoms with Crippen LogP contribution in [0.5, 0.6) is 0 Å². The Kier molecular flexibility index (Phi) is 5.10. The molecule has 25 heavy (non-hydrogen) atoms. The lowest BCUT2D eigenvalue weighted by Gasteiger charge is -2.34. The summed E-state index contributed by atoms with van der Waals surface area (Å²) in [5.41, 5.74) is 2.46. The van der Waals surface area contributed by atoms with Gasteiger partial charge in [0.15, 0.2) is 0 Å². The summed E-state index contributed by atoms with van der Waals surface area (Å²) < 4.78 is 0. The molecule has 3 heterocycles. The molecule has 0 radical (unpaired) electrons. The third-order valence-electron chi connectivity index (χ3n) is 4.62. The van der Waals surface area contributed by atoms with Crippen LogP contribution in [-0.4, -0.2) is 29.3 Å². The molecule has 130 valence electrons. The van der Waals surface area contributed by atoms with E-state index in [1.165, 1.54) is 29.0 Å². The number of nitrogens with one attached hydrogen (secondary N) is 1. The van der Waals surface area contributed by atoms with Crippen molar-refractivity contribution < 1.29 is 0 Å². The second-order valence-corrected chi connectivity index (χ2v) is 8.61. The maximum atomic E-state index is 4.27. The predicted octanol–water partition coefficient (Wildman–Crippen LogP) is 4.33. The Labute approximate surface area is 156 Å². The molecule has 0 amide bonds. The first-order valence-corrected chi connectivity index (χ1v) is 10.4. The molecule has 1 N–H and O–H groups in total. The summed E-state index contributed by atoms with van der Waals surface area (Å²) in [6, 6.07) is 13.6.